The van der Waals surface area contributed by atoms with Crippen molar-refractivity contribution in [2.45, 2.75) is 26.6 Å². The first-order chi connectivity index (χ1) is 9.28. The molecular formula is C12H13F3N4O. The molecule has 0 spiro atoms. The number of carbonyl (C=O) groups is 1. The SMILES string of the molecule is Cc1[nH]nc(NC(=O)c2cccn2CC(F)(F)F)c1C. The van der Waals surface area contributed by atoms with Crippen molar-refractivity contribution in [2.75, 3.05) is 5.32 Å². The van der Waals surface area contributed by atoms with E-state index in [0.29, 0.717) is 5.82 Å². The van der Waals surface area contributed by atoms with Crippen LogP contribution in [0.25, 0.3) is 0 Å². The first kappa shape index (κ1) is 14.2. The normalized spacial score (nSPS) is 11.7. The number of alkyl halides is 3. The van der Waals surface area contributed by atoms with E-state index in [1.54, 1.807) is 13.8 Å². The molecule has 0 saturated heterocycles. The Hall–Kier alpha value is -2.25. The maximum atomic E-state index is 12.4. The second kappa shape index (κ2) is 5.03. The molecule has 0 atom stereocenters. The molecule has 0 aliphatic heterocycles. The van der Waals surface area contributed by atoms with Gasteiger partial charge in [0.1, 0.15) is 12.2 Å². The minimum Gasteiger partial charge on any atom is -0.334 e. The van der Waals surface area contributed by atoms with E-state index in [4.69, 9.17) is 0 Å². The van der Waals surface area contributed by atoms with Gasteiger partial charge in [-0.15, -0.1) is 0 Å². The van der Waals surface area contributed by atoms with Gasteiger partial charge in [-0.1, -0.05) is 0 Å². The summed E-state index contributed by atoms with van der Waals surface area (Å²) in [7, 11) is 0. The Balaban J connectivity index is 2.18. The molecule has 2 heterocycles. The van der Waals surface area contributed by atoms with Gasteiger partial charge >= 0.3 is 6.18 Å². The van der Waals surface area contributed by atoms with E-state index in [2.05, 4.69) is 15.5 Å². The lowest BCUT2D eigenvalue weighted by Gasteiger charge is -2.11. The fraction of sp³-hybridized carbons (Fsp3) is 0.333. The summed E-state index contributed by atoms with van der Waals surface area (Å²) in [4.78, 5) is 12.0. The number of halogens is 3. The van der Waals surface area contributed by atoms with Gasteiger partial charge in [-0.25, -0.2) is 0 Å². The van der Waals surface area contributed by atoms with Crippen molar-refractivity contribution in [1.82, 2.24) is 14.8 Å². The maximum Gasteiger partial charge on any atom is 0.406 e. The van der Waals surface area contributed by atoms with E-state index in [-0.39, 0.29) is 5.69 Å². The van der Waals surface area contributed by atoms with Crippen LogP contribution in [0, 0.1) is 13.8 Å². The van der Waals surface area contributed by atoms with Crippen LogP contribution in [-0.2, 0) is 6.54 Å². The standard InChI is InChI=1S/C12H13F3N4O/c1-7-8(2)17-18-10(7)16-11(20)9-4-3-5-19(9)6-12(13,14)15/h3-5H,6H2,1-2H3,(H2,16,17,18,20). The molecule has 0 bridgehead atoms. The summed E-state index contributed by atoms with van der Waals surface area (Å²) in [5.41, 5.74) is 1.46. The van der Waals surface area contributed by atoms with Crippen LogP contribution in [0.2, 0.25) is 0 Å². The highest BCUT2D eigenvalue weighted by Gasteiger charge is 2.29. The molecule has 5 nitrogen and oxygen atoms in total. The third-order valence-corrected chi connectivity index (χ3v) is 2.90. The van der Waals surface area contributed by atoms with Gasteiger partial charge in [-0.3, -0.25) is 9.89 Å². The summed E-state index contributed by atoms with van der Waals surface area (Å²) in [5, 5.41) is 9.06. The summed E-state index contributed by atoms with van der Waals surface area (Å²) in [5.74, 6) is -0.318. The highest BCUT2D eigenvalue weighted by Crippen LogP contribution is 2.20. The summed E-state index contributed by atoms with van der Waals surface area (Å²) < 4.78 is 38.0. The first-order valence-corrected chi connectivity index (χ1v) is 5.83. The molecule has 108 valence electrons. The minimum absolute atomic E-state index is 0.0672. The average molecular weight is 286 g/mol. The Kier molecular flexibility index (Phi) is 3.56. The number of hydrogen-bond donors (Lipinski definition) is 2. The van der Waals surface area contributed by atoms with Crippen LogP contribution in [0.3, 0.4) is 0 Å². The highest BCUT2D eigenvalue weighted by atomic mass is 19.4. The average Bonchev–Trinajstić information content (AvgIpc) is 2.89. The van der Waals surface area contributed by atoms with Crippen LogP contribution in [-0.4, -0.2) is 26.8 Å². The van der Waals surface area contributed by atoms with Gasteiger partial charge in [0.05, 0.1) is 0 Å². The Morgan fingerprint density at radius 2 is 2.15 bits per heavy atom. The van der Waals surface area contributed by atoms with E-state index in [1.807, 2.05) is 0 Å². The molecule has 0 radical (unpaired) electrons. The molecule has 20 heavy (non-hydrogen) atoms. The molecule has 0 aromatic carbocycles. The minimum atomic E-state index is -4.38. The number of aryl methyl sites for hydroxylation is 1. The quantitative estimate of drug-likeness (QED) is 0.911. The zero-order chi connectivity index (χ0) is 14.9. The smallest absolute Gasteiger partial charge is 0.334 e. The highest BCUT2D eigenvalue weighted by molar-refractivity contribution is 6.03. The van der Waals surface area contributed by atoms with Crippen LogP contribution in [0.15, 0.2) is 18.3 Å². The van der Waals surface area contributed by atoms with E-state index < -0.39 is 18.6 Å². The fourth-order valence-corrected chi connectivity index (χ4v) is 1.73. The van der Waals surface area contributed by atoms with Gasteiger partial charge in [0.15, 0.2) is 5.82 Å². The van der Waals surface area contributed by atoms with Gasteiger partial charge in [0.2, 0.25) is 0 Å². The van der Waals surface area contributed by atoms with Crippen LogP contribution < -0.4 is 5.32 Å². The summed E-state index contributed by atoms with van der Waals surface area (Å²) in [6, 6.07) is 2.72. The third kappa shape index (κ3) is 3.01. The zero-order valence-corrected chi connectivity index (χ0v) is 10.9. The monoisotopic (exact) mass is 286 g/mol. The van der Waals surface area contributed by atoms with Gasteiger partial charge in [-0.2, -0.15) is 18.3 Å². The lowest BCUT2D eigenvalue weighted by molar-refractivity contribution is -0.140. The molecule has 1 amide bonds. The lowest BCUT2D eigenvalue weighted by atomic mass is 10.2. The number of anilines is 1. The van der Waals surface area contributed by atoms with Gasteiger partial charge < -0.3 is 9.88 Å². The Morgan fingerprint density at radius 3 is 2.70 bits per heavy atom. The lowest BCUT2D eigenvalue weighted by Crippen LogP contribution is -2.23. The van der Waals surface area contributed by atoms with Crippen molar-refractivity contribution < 1.29 is 18.0 Å². The van der Waals surface area contributed by atoms with E-state index in [0.717, 1.165) is 15.8 Å². The number of hydrogen-bond acceptors (Lipinski definition) is 2. The molecule has 0 aliphatic carbocycles. The van der Waals surface area contributed by atoms with Crippen LogP contribution >= 0.6 is 0 Å². The number of nitrogens with zero attached hydrogens (tertiary/aromatic N) is 2. The van der Waals surface area contributed by atoms with Crippen molar-refractivity contribution in [1.29, 1.82) is 0 Å². The Labute approximate surface area is 112 Å². The molecule has 0 unspecified atom stereocenters. The van der Waals surface area contributed by atoms with Gasteiger partial charge in [-0.05, 0) is 26.0 Å². The number of carbonyl (C=O) groups excluding carboxylic acids is 1. The van der Waals surface area contributed by atoms with Crippen molar-refractivity contribution in [2.24, 2.45) is 0 Å². The fourth-order valence-electron chi connectivity index (χ4n) is 1.73. The van der Waals surface area contributed by atoms with E-state index in [9.17, 15) is 18.0 Å². The summed E-state index contributed by atoms with van der Waals surface area (Å²) in [6.45, 7) is 2.33. The van der Waals surface area contributed by atoms with Crippen molar-refractivity contribution >= 4 is 11.7 Å². The van der Waals surface area contributed by atoms with Gasteiger partial charge in [0.25, 0.3) is 5.91 Å². The van der Waals surface area contributed by atoms with Crippen LogP contribution in [0.4, 0.5) is 19.0 Å². The van der Waals surface area contributed by atoms with E-state index in [1.165, 1.54) is 18.3 Å². The number of aromatic nitrogens is 3. The molecule has 0 saturated carbocycles. The number of aromatic amines is 1. The largest absolute Gasteiger partial charge is 0.406 e. The Bertz CT molecular complexity index is 627. The Morgan fingerprint density at radius 1 is 1.45 bits per heavy atom. The summed E-state index contributed by atoms with van der Waals surface area (Å²) >= 11 is 0. The predicted molar refractivity (Wildman–Crippen MR) is 66.5 cm³/mol. The number of H-pyrrole nitrogens is 1. The number of rotatable bonds is 3. The first-order valence-electron chi connectivity index (χ1n) is 5.83. The second-order valence-corrected chi connectivity index (χ2v) is 4.41. The molecule has 2 aromatic heterocycles. The molecule has 0 aliphatic rings. The molecule has 2 N–H and O–H groups in total. The molecule has 8 heteroatoms. The molecule has 2 rings (SSSR count). The van der Waals surface area contributed by atoms with Crippen molar-refractivity contribution in [3.8, 4) is 0 Å². The topological polar surface area (TPSA) is 62.7 Å². The van der Waals surface area contributed by atoms with E-state index >= 15 is 0 Å². The number of amides is 1. The summed E-state index contributed by atoms with van der Waals surface area (Å²) in [6.07, 6.45) is -3.17. The molecule has 0 fully saturated rings. The van der Waals surface area contributed by atoms with Crippen molar-refractivity contribution in [3.63, 3.8) is 0 Å². The van der Waals surface area contributed by atoms with Gasteiger partial charge in [0, 0.05) is 17.5 Å². The predicted octanol–water partition coefficient (Wildman–Crippen LogP) is 2.64. The van der Waals surface area contributed by atoms with Crippen molar-refractivity contribution in [3.05, 3.63) is 35.3 Å². The maximum absolute atomic E-state index is 12.4. The molecular weight excluding hydrogens is 273 g/mol. The number of nitrogens with one attached hydrogen (secondary N) is 2. The van der Waals surface area contributed by atoms with Crippen LogP contribution in [0.1, 0.15) is 21.7 Å². The van der Waals surface area contributed by atoms with Crippen LogP contribution in [0.5, 0.6) is 0 Å². The zero-order valence-electron chi connectivity index (χ0n) is 10.9. The molecule has 2 aromatic rings. The third-order valence-electron chi connectivity index (χ3n) is 2.90. The second-order valence-electron chi connectivity index (χ2n) is 4.41.